The van der Waals surface area contributed by atoms with Crippen LogP contribution in [0.15, 0.2) is 6.20 Å². The molecule has 0 aliphatic heterocycles. The maximum atomic E-state index is 5.52. The summed E-state index contributed by atoms with van der Waals surface area (Å²) in [5.41, 5.74) is 1.43. The molecule has 1 heterocycles. The van der Waals surface area contributed by atoms with Gasteiger partial charge in [0.05, 0.1) is 19.0 Å². The summed E-state index contributed by atoms with van der Waals surface area (Å²) in [6.07, 6.45) is 5.41. The molecule has 1 saturated carbocycles. The van der Waals surface area contributed by atoms with Crippen LogP contribution in [0.1, 0.15) is 51.8 Å². The van der Waals surface area contributed by atoms with Crippen molar-refractivity contribution in [1.82, 2.24) is 15.1 Å². The highest BCUT2D eigenvalue weighted by Gasteiger charge is 2.40. The number of nitrogens with one attached hydrogen (secondary N) is 1. The lowest BCUT2D eigenvalue weighted by Gasteiger charge is -2.27. The van der Waals surface area contributed by atoms with E-state index in [2.05, 4.69) is 35.9 Å². The number of hydrogen-bond donors (Lipinski definition) is 1. The van der Waals surface area contributed by atoms with Crippen LogP contribution in [0.5, 0.6) is 5.75 Å². The zero-order chi connectivity index (χ0) is 13.3. The second-order valence-corrected chi connectivity index (χ2v) is 5.89. The van der Waals surface area contributed by atoms with Crippen LogP contribution in [-0.2, 0) is 5.41 Å². The zero-order valence-corrected chi connectivity index (χ0v) is 12.2. The third-order valence-electron chi connectivity index (χ3n) is 4.19. The molecule has 102 valence electrons. The molecule has 0 aromatic carbocycles. The van der Waals surface area contributed by atoms with Gasteiger partial charge < -0.3 is 10.1 Å². The molecule has 18 heavy (non-hydrogen) atoms. The Hall–Kier alpha value is -1.03. The first kappa shape index (κ1) is 13.4. The van der Waals surface area contributed by atoms with Gasteiger partial charge in [-0.1, -0.05) is 6.92 Å². The normalized spacial score (nSPS) is 28.0. The van der Waals surface area contributed by atoms with Gasteiger partial charge in [-0.25, -0.2) is 0 Å². The first-order valence-electron chi connectivity index (χ1n) is 6.81. The Balaban J connectivity index is 2.40. The molecule has 0 spiro atoms. The maximum Gasteiger partial charge on any atom is 0.160 e. The summed E-state index contributed by atoms with van der Waals surface area (Å²) in [4.78, 5) is 0. The van der Waals surface area contributed by atoms with Crippen molar-refractivity contribution in [3.8, 4) is 5.75 Å². The topological polar surface area (TPSA) is 39.1 Å². The van der Waals surface area contributed by atoms with Gasteiger partial charge in [-0.15, -0.1) is 0 Å². The number of hydrogen-bond acceptors (Lipinski definition) is 3. The highest BCUT2D eigenvalue weighted by molar-refractivity contribution is 5.34. The number of methoxy groups -OCH3 is 1. The van der Waals surface area contributed by atoms with Crippen LogP contribution in [-0.4, -0.2) is 30.0 Å². The summed E-state index contributed by atoms with van der Waals surface area (Å²) >= 11 is 0. The van der Waals surface area contributed by atoms with Crippen molar-refractivity contribution in [3.63, 3.8) is 0 Å². The fourth-order valence-electron chi connectivity index (χ4n) is 3.16. The minimum absolute atomic E-state index is 0.166. The molecular formula is C14H25N3O. The molecule has 1 aliphatic rings. The largest absolute Gasteiger partial charge is 0.493 e. The molecule has 1 aliphatic carbocycles. The van der Waals surface area contributed by atoms with Gasteiger partial charge in [0.25, 0.3) is 0 Å². The molecule has 1 aromatic rings. The van der Waals surface area contributed by atoms with Gasteiger partial charge in [-0.05, 0) is 40.2 Å². The van der Waals surface area contributed by atoms with E-state index in [9.17, 15) is 0 Å². The van der Waals surface area contributed by atoms with E-state index < -0.39 is 0 Å². The molecule has 0 saturated heterocycles. The first-order chi connectivity index (χ1) is 8.51. The molecular weight excluding hydrogens is 226 g/mol. The highest BCUT2D eigenvalue weighted by atomic mass is 16.5. The fourth-order valence-corrected chi connectivity index (χ4v) is 3.16. The lowest BCUT2D eigenvalue weighted by Crippen LogP contribution is -2.28. The molecule has 1 N–H and O–H groups in total. The van der Waals surface area contributed by atoms with Gasteiger partial charge in [-0.2, -0.15) is 5.10 Å². The van der Waals surface area contributed by atoms with Crippen LogP contribution in [0.3, 0.4) is 0 Å². The number of rotatable bonds is 4. The molecule has 0 radical (unpaired) electrons. The summed E-state index contributed by atoms with van der Waals surface area (Å²) < 4.78 is 7.64. The van der Waals surface area contributed by atoms with Crippen LogP contribution in [0.2, 0.25) is 0 Å². The Morgan fingerprint density at radius 1 is 1.56 bits per heavy atom. The van der Waals surface area contributed by atoms with Crippen LogP contribution >= 0.6 is 0 Å². The van der Waals surface area contributed by atoms with Gasteiger partial charge in [0.15, 0.2) is 5.75 Å². The second kappa shape index (κ2) is 4.92. The van der Waals surface area contributed by atoms with Crippen molar-refractivity contribution in [1.29, 1.82) is 0 Å². The Kier molecular flexibility index (Phi) is 3.66. The Bertz CT molecular complexity index is 413. The predicted octanol–water partition coefficient (Wildman–Crippen LogP) is 2.50. The fraction of sp³-hybridized carbons (Fsp3) is 0.786. The first-order valence-corrected chi connectivity index (χ1v) is 6.81. The average Bonchev–Trinajstić information content (AvgIpc) is 2.92. The third-order valence-corrected chi connectivity index (χ3v) is 4.19. The lowest BCUT2D eigenvalue weighted by molar-refractivity contribution is 0.356. The second-order valence-electron chi connectivity index (χ2n) is 5.89. The van der Waals surface area contributed by atoms with Crippen molar-refractivity contribution in [3.05, 3.63) is 11.9 Å². The molecule has 0 amide bonds. The van der Waals surface area contributed by atoms with Gasteiger partial charge in [0.1, 0.15) is 0 Å². The molecule has 1 fully saturated rings. The van der Waals surface area contributed by atoms with Crippen LogP contribution in [0, 0.1) is 0 Å². The standard InChI is InChI=1S/C14H25N3O/c1-10(2)17-13(12(18-5)9-16-17)14(3)7-6-11(8-14)15-4/h9-11,15H,6-8H2,1-5H3. The Morgan fingerprint density at radius 2 is 2.28 bits per heavy atom. The summed E-state index contributed by atoms with van der Waals surface area (Å²) in [5.74, 6) is 0.933. The van der Waals surface area contributed by atoms with Gasteiger partial charge in [0.2, 0.25) is 0 Å². The van der Waals surface area contributed by atoms with Crippen molar-refractivity contribution in [2.45, 2.75) is 57.5 Å². The molecule has 2 rings (SSSR count). The smallest absolute Gasteiger partial charge is 0.160 e. The molecule has 2 unspecified atom stereocenters. The molecule has 4 heteroatoms. The van der Waals surface area contributed by atoms with E-state index in [4.69, 9.17) is 4.74 Å². The van der Waals surface area contributed by atoms with Crippen LogP contribution < -0.4 is 10.1 Å². The van der Waals surface area contributed by atoms with Crippen molar-refractivity contribution in [2.24, 2.45) is 0 Å². The summed E-state index contributed by atoms with van der Waals surface area (Å²) in [6.45, 7) is 6.68. The van der Waals surface area contributed by atoms with Crippen molar-refractivity contribution in [2.75, 3.05) is 14.2 Å². The summed E-state index contributed by atoms with van der Waals surface area (Å²) in [6, 6.07) is 0.976. The molecule has 2 atom stereocenters. The minimum atomic E-state index is 0.166. The molecule has 4 nitrogen and oxygen atoms in total. The molecule has 0 bridgehead atoms. The van der Waals surface area contributed by atoms with Gasteiger partial charge in [-0.3, -0.25) is 4.68 Å². The highest BCUT2D eigenvalue weighted by Crippen LogP contribution is 2.45. The van der Waals surface area contributed by atoms with Crippen molar-refractivity contribution >= 4 is 0 Å². The number of ether oxygens (including phenoxy) is 1. The maximum absolute atomic E-state index is 5.52. The van der Waals surface area contributed by atoms with E-state index in [0.29, 0.717) is 12.1 Å². The third kappa shape index (κ3) is 2.14. The monoisotopic (exact) mass is 251 g/mol. The number of nitrogens with zero attached hydrogens (tertiary/aromatic N) is 2. The van der Waals surface area contributed by atoms with Crippen LogP contribution in [0.4, 0.5) is 0 Å². The Morgan fingerprint density at radius 3 is 2.78 bits per heavy atom. The van der Waals surface area contributed by atoms with Gasteiger partial charge in [0, 0.05) is 17.5 Å². The summed E-state index contributed by atoms with van der Waals surface area (Å²) in [5, 5.41) is 7.90. The van der Waals surface area contributed by atoms with Crippen LogP contribution in [0.25, 0.3) is 0 Å². The average molecular weight is 251 g/mol. The van der Waals surface area contributed by atoms with E-state index >= 15 is 0 Å². The Labute approximate surface area is 110 Å². The van der Waals surface area contributed by atoms with E-state index in [1.165, 1.54) is 18.5 Å². The molecule has 1 aromatic heterocycles. The lowest BCUT2D eigenvalue weighted by atomic mass is 9.84. The predicted molar refractivity (Wildman–Crippen MR) is 73.2 cm³/mol. The van der Waals surface area contributed by atoms with Crippen molar-refractivity contribution < 1.29 is 4.74 Å². The zero-order valence-electron chi connectivity index (χ0n) is 12.2. The van der Waals surface area contributed by atoms with E-state index in [1.54, 1.807) is 7.11 Å². The minimum Gasteiger partial charge on any atom is -0.493 e. The quantitative estimate of drug-likeness (QED) is 0.893. The summed E-state index contributed by atoms with van der Waals surface area (Å²) in [7, 11) is 3.78. The van der Waals surface area contributed by atoms with Gasteiger partial charge >= 0.3 is 0 Å². The number of aromatic nitrogens is 2. The SMILES string of the molecule is CNC1CCC(C)(c2c(OC)cnn2C(C)C)C1. The van der Waals surface area contributed by atoms with E-state index in [-0.39, 0.29) is 5.41 Å². The van der Waals surface area contributed by atoms with E-state index in [1.807, 2.05) is 13.2 Å². The van der Waals surface area contributed by atoms with E-state index in [0.717, 1.165) is 12.2 Å².